The summed E-state index contributed by atoms with van der Waals surface area (Å²) in [6.07, 6.45) is 2.40. The zero-order chi connectivity index (χ0) is 15.4. The molecule has 1 saturated heterocycles. The highest BCUT2D eigenvalue weighted by molar-refractivity contribution is 5.83. The summed E-state index contributed by atoms with van der Waals surface area (Å²) < 4.78 is 0. The van der Waals surface area contributed by atoms with Gasteiger partial charge in [-0.25, -0.2) is 0 Å². The van der Waals surface area contributed by atoms with Crippen LogP contribution in [-0.4, -0.2) is 55.4 Å². The Labute approximate surface area is 128 Å². The zero-order valence-corrected chi connectivity index (χ0v) is 13.8. The summed E-state index contributed by atoms with van der Waals surface area (Å²) in [7, 11) is 4.32. The highest BCUT2D eigenvalue weighted by Gasteiger charge is 2.25. The van der Waals surface area contributed by atoms with Crippen LogP contribution in [0.25, 0.3) is 0 Å². The maximum absolute atomic E-state index is 12.0. The van der Waals surface area contributed by atoms with Gasteiger partial charge in [-0.1, -0.05) is 29.8 Å². The number of benzene rings is 1. The second-order valence-corrected chi connectivity index (χ2v) is 6.57. The molecule has 116 valence electrons. The van der Waals surface area contributed by atoms with Crippen molar-refractivity contribution in [2.45, 2.75) is 38.6 Å². The lowest BCUT2D eigenvalue weighted by molar-refractivity contribution is -0.119. The Bertz CT molecular complexity index is 459. The molecule has 1 atom stereocenters. The van der Waals surface area contributed by atoms with E-state index in [1.807, 2.05) is 0 Å². The van der Waals surface area contributed by atoms with E-state index in [1.54, 1.807) is 6.92 Å². The van der Waals surface area contributed by atoms with Crippen molar-refractivity contribution in [3.63, 3.8) is 0 Å². The number of rotatable bonds is 5. The van der Waals surface area contributed by atoms with E-state index >= 15 is 0 Å². The lowest BCUT2D eigenvalue weighted by atomic mass is 9.93. The summed E-state index contributed by atoms with van der Waals surface area (Å²) in [5.41, 5.74) is 2.40. The Balaban J connectivity index is 1.98. The van der Waals surface area contributed by atoms with Gasteiger partial charge in [0.05, 0.1) is 5.92 Å². The van der Waals surface area contributed by atoms with Crippen molar-refractivity contribution in [1.82, 2.24) is 9.80 Å². The van der Waals surface area contributed by atoms with E-state index in [2.05, 4.69) is 55.1 Å². The van der Waals surface area contributed by atoms with E-state index in [0.717, 1.165) is 25.2 Å². The minimum absolute atomic E-state index is 0.0153. The smallest absolute Gasteiger partial charge is 0.138 e. The predicted molar refractivity (Wildman–Crippen MR) is 87.8 cm³/mol. The molecule has 0 saturated carbocycles. The van der Waals surface area contributed by atoms with Crippen LogP contribution in [0.2, 0.25) is 0 Å². The van der Waals surface area contributed by atoms with Gasteiger partial charge in [-0.05, 0) is 59.4 Å². The molecule has 1 aliphatic heterocycles. The molecule has 2 rings (SSSR count). The van der Waals surface area contributed by atoms with Crippen molar-refractivity contribution >= 4 is 5.78 Å². The Morgan fingerprint density at radius 1 is 1.24 bits per heavy atom. The van der Waals surface area contributed by atoms with E-state index in [4.69, 9.17) is 0 Å². The van der Waals surface area contributed by atoms with Gasteiger partial charge in [0.15, 0.2) is 0 Å². The highest BCUT2D eigenvalue weighted by atomic mass is 16.1. The molecule has 0 spiro atoms. The predicted octanol–water partition coefficient (Wildman–Crippen LogP) is 2.69. The lowest BCUT2D eigenvalue weighted by Gasteiger charge is -2.36. The van der Waals surface area contributed by atoms with E-state index in [9.17, 15) is 4.79 Å². The summed E-state index contributed by atoms with van der Waals surface area (Å²) in [5.74, 6) is 0.287. The van der Waals surface area contributed by atoms with Crippen LogP contribution in [-0.2, 0) is 4.79 Å². The molecule has 3 heteroatoms. The summed E-state index contributed by atoms with van der Waals surface area (Å²) in [6, 6.07) is 9.10. The Hall–Kier alpha value is -1.19. The first kappa shape index (κ1) is 16.2. The number of nitrogens with zero attached hydrogens (tertiary/aromatic N) is 2. The van der Waals surface area contributed by atoms with E-state index < -0.39 is 0 Å². The number of hydrogen-bond donors (Lipinski definition) is 0. The van der Waals surface area contributed by atoms with Crippen molar-refractivity contribution in [2.24, 2.45) is 0 Å². The molecule has 21 heavy (non-hydrogen) atoms. The summed E-state index contributed by atoms with van der Waals surface area (Å²) in [4.78, 5) is 16.8. The minimum Gasteiger partial charge on any atom is -0.306 e. The third-order valence-electron chi connectivity index (χ3n) is 4.70. The van der Waals surface area contributed by atoms with E-state index in [-0.39, 0.29) is 11.7 Å². The fourth-order valence-electron chi connectivity index (χ4n) is 3.14. The molecule has 0 aliphatic carbocycles. The normalized spacial score (nSPS) is 18.9. The first-order valence-electron chi connectivity index (χ1n) is 7.93. The molecule has 0 N–H and O–H groups in total. The van der Waals surface area contributed by atoms with Crippen molar-refractivity contribution in [3.8, 4) is 0 Å². The third-order valence-corrected chi connectivity index (χ3v) is 4.70. The highest BCUT2D eigenvalue weighted by Crippen LogP contribution is 2.22. The topological polar surface area (TPSA) is 23.6 Å². The largest absolute Gasteiger partial charge is 0.306 e. The number of carbonyl (C=O) groups is 1. The van der Waals surface area contributed by atoms with Gasteiger partial charge in [0.2, 0.25) is 0 Å². The maximum Gasteiger partial charge on any atom is 0.138 e. The fraction of sp³-hybridized carbons (Fsp3) is 0.611. The molecule has 1 aliphatic rings. The van der Waals surface area contributed by atoms with Crippen LogP contribution in [0.1, 0.15) is 36.8 Å². The lowest BCUT2D eigenvalue weighted by Crippen LogP contribution is -2.43. The van der Waals surface area contributed by atoms with Crippen LogP contribution in [0.3, 0.4) is 0 Å². The van der Waals surface area contributed by atoms with Crippen molar-refractivity contribution in [1.29, 1.82) is 0 Å². The monoisotopic (exact) mass is 288 g/mol. The number of hydrogen-bond acceptors (Lipinski definition) is 3. The number of Topliss-reactive ketones (excluding diaryl/α,β-unsaturated/α-hetero) is 1. The van der Waals surface area contributed by atoms with Crippen LogP contribution in [0.15, 0.2) is 24.3 Å². The molecule has 1 aromatic rings. The first-order chi connectivity index (χ1) is 9.97. The molecule has 0 radical (unpaired) electrons. The van der Waals surface area contributed by atoms with Gasteiger partial charge in [-0.3, -0.25) is 4.79 Å². The van der Waals surface area contributed by atoms with Gasteiger partial charge in [-0.2, -0.15) is 0 Å². The van der Waals surface area contributed by atoms with Gasteiger partial charge < -0.3 is 9.80 Å². The average molecular weight is 288 g/mol. The zero-order valence-electron chi connectivity index (χ0n) is 13.8. The second kappa shape index (κ2) is 7.19. The Morgan fingerprint density at radius 2 is 1.81 bits per heavy atom. The molecule has 0 aromatic heterocycles. The molecular weight excluding hydrogens is 260 g/mol. The van der Waals surface area contributed by atoms with Crippen LogP contribution >= 0.6 is 0 Å². The molecule has 3 nitrogen and oxygen atoms in total. The fourth-order valence-corrected chi connectivity index (χ4v) is 3.14. The number of piperidine rings is 1. The standard InChI is InChI=1S/C18H28N2O/c1-14-5-7-16(8-6-14)18(15(2)21)13-20-11-9-17(10-12-20)19(3)4/h5-8,17-18H,9-13H2,1-4H3/t18-/m1/s1. The second-order valence-electron chi connectivity index (χ2n) is 6.57. The van der Waals surface area contributed by atoms with Crippen LogP contribution < -0.4 is 0 Å². The summed E-state index contributed by atoms with van der Waals surface area (Å²) in [6.45, 7) is 6.85. The van der Waals surface area contributed by atoms with Gasteiger partial charge in [0, 0.05) is 12.6 Å². The van der Waals surface area contributed by atoms with Crippen molar-refractivity contribution in [2.75, 3.05) is 33.7 Å². The van der Waals surface area contributed by atoms with Crippen LogP contribution in [0, 0.1) is 6.92 Å². The summed E-state index contributed by atoms with van der Waals surface area (Å²) >= 11 is 0. The van der Waals surface area contributed by atoms with Crippen molar-refractivity contribution < 1.29 is 4.79 Å². The molecule has 1 fully saturated rings. The van der Waals surface area contributed by atoms with Gasteiger partial charge in [-0.15, -0.1) is 0 Å². The van der Waals surface area contributed by atoms with Gasteiger partial charge in [0.1, 0.15) is 5.78 Å². The first-order valence-corrected chi connectivity index (χ1v) is 7.93. The molecular formula is C18H28N2O. The number of aryl methyl sites for hydroxylation is 1. The van der Waals surface area contributed by atoms with Gasteiger partial charge >= 0.3 is 0 Å². The molecule has 0 unspecified atom stereocenters. The van der Waals surface area contributed by atoms with Crippen molar-refractivity contribution in [3.05, 3.63) is 35.4 Å². The molecule has 1 aromatic carbocycles. The SMILES string of the molecule is CC(=O)[C@@H](CN1CCC(N(C)C)CC1)c1ccc(C)cc1. The van der Waals surface area contributed by atoms with E-state index in [1.165, 1.54) is 18.4 Å². The average Bonchev–Trinajstić information content (AvgIpc) is 2.46. The molecule has 0 amide bonds. The summed E-state index contributed by atoms with van der Waals surface area (Å²) in [5, 5.41) is 0. The number of likely N-dealkylation sites (tertiary alicyclic amines) is 1. The molecule has 1 heterocycles. The Kier molecular flexibility index (Phi) is 5.54. The van der Waals surface area contributed by atoms with Crippen LogP contribution in [0.5, 0.6) is 0 Å². The van der Waals surface area contributed by atoms with E-state index in [0.29, 0.717) is 6.04 Å². The number of carbonyl (C=O) groups excluding carboxylic acids is 1. The molecule has 0 bridgehead atoms. The quantitative estimate of drug-likeness (QED) is 0.832. The Morgan fingerprint density at radius 3 is 2.29 bits per heavy atom. The minimum atomic E-state index is 0.0153. The van der Waals surface area contributed by atoms with Gasteiger partial charge in [0.25, 0.3) is 0 Å². The number of ketones is 1. The third kappa shape index (κ3) is 4.39. The maximum atomic E-state index is 12.0. The van der Waals surface area contributed by atoms with Crippen LogP contribution in [0.4, 0.5) is 0 Å².